The molecule has 4 bridgehead atoms. The Balaban J connectivity index is 1.25. The Morgan fingerprint density at radius 3 is 2.29 bits per heavy atom. The topological polar surface area (TPSA) is 70.7 Å². The van der Waals surface area contributed by atoms with Gasteiger partial charge in [-0.25, -0.2) is 4.79 Å². The molecule has 0 aromatic heterocycles. The number of rotatable bonds is 5. The van der Waals surface area contributed by atoms with Gasteiger partial charge in [-0.05, 0) is 95.9 Å². The van der Waals surface area contributed by atoms with E-state index in [4.69, 9.17) is 4.74 Å². The Morgan fingerprint density at radius 1 is 1.04 bits per heavy atom. The number of alkyl carbamates (subject to hydrolysis) is 1. The Morgan fingerprint density at radius 2 is 1.68 bits per heavy atom. The summed E-state index contributed by atoms with van der Waals surface area (Å²) in [6, 6.07) is 0.361. The third-order valence-electron chi connectivity index (χ3n) is 7.27. The number of carbonyl (C=O) groups excluding carboxylic acids is 2. The SMILES string of the molecule is CC(C)(C)OC(=O)NCCN1CCC[C@@H]1C(=O)NC1C2CC3CC(C2)CC1C3. The van der Waals surface area contributed by atoms with Gasteiger partial charge in [-0.1, -0.05) is 0 Å². The van der Waals surface area contributed by atoms with E-state index in [1.165, 1.54) is 32.1 Å². The standard InChI is InChI=1S/C22H37N3O3/c1-22(2,3)28-21(27)23-6-8-25-7-4-5-18(25)20(26)24-19-16-10-14-9-15(12-16)13-17(19)11-14/h14-19H,4-13H2,1-3H3,(H,23,27)(H,24,26)/t14?,15?,16?,17?,18-,19?/m1/s1. The monoisotopic (exact) mass is 391 g/mol. The van der Waals surface area contributed by atoms with E-state index < -0.39 is 5.60 Å². The zero-order chi connectivity index (χ0) is 19.9. The summed E-state index contributed by atoms with van der Waals surface area (Å²) in [7, 11) is 0. The van der Waals surface area contributed by atoms with Crippen LogP contribution in [0, 0.1) is 23.7 Å². The molecule has 1 atom stereocenters. The minimum absolute atomic E-state index is 0.0439. The first-order valence-corrected chi connectivity index (χ1v) is 11.3. The van der Waals surface area contributed by atoms with E-state index >= 15 is 0 Å². The quantitative estimate of drug-likeness (QED) is 0.756. The summed E-state index contributed by atoms with van der Waals surface area (Å²) in [5.41, 5.74) is -0.487. The molecule has 1 heterocycles. The van der Waals surface area contributed by atoms with Crippen LogP contribution >= 0.6 is 0 Å². The van der Waals surface area contributed by atoms with Gasteiger partial charge in [0, 0.05) is 19.1 Å². The first-order chi connectivity index (χ1) is 13.3. The highest BCUT2D eigenvalue weighted by Gasteiger charge is 2.49. The van der Waals surface area contributed by atoms with Gasteiger partial charge in [-0.15, -0.1) is 0 Å². The molecule has 5 fully saturated rings. The summed E-state index contributed by atoms with van der Waals surface area (Å²) < 4.78 is 5.28. The van der Waals surface area contributed by atoms with Gasteiger partial charge in [0.15, 0.2) is 0 Å². The van der Waals surface area contributed by atoms with Crippen molar-refractivity contribution in [3.05, 3.63) is 0 Å². The van der Waals surface area contributed by atoms with Gasteiger partial charge in [0.2, 0.25) is 5.91 Å². The molecule has 2 N–H and O–H groups in total. The lowest BCUT2D eigenvalue weighted by Gasteiger charge is -2.54. The summed E-state index contributed by atoms with van der Waals surface area (Å²) in [6.45, 7) is 7.71. The maximum atomic E-state index is 13.1. The average molecular weight is 392 g/mol. The van der Waals surface area contributed by atoms with E-state index in [-0.39, 0.29) is 18.0 Å². The molecule has 0 aromatic carbocycles. The van der Waals surface area contributed by atoms with E-state index in [0.29, 0.717) is 31.0 Å². The number of likely N-dealkylation sites (tertiary alicyclic amines) is 1. The zero-order valence-electron chi connectivity index (χ0n) is 17.7. The minimum Gasteiger partial charge on any atom is -0.444 e. The predicted octanol–water partition coefficient (Wildman–Crippen LogP) is 2.92. The van der Waals surface area contributed by atoms with Crippen LogP contribution in [0.1, 0.15) is 65.7 Å². The van der Waals surface area contributed by atoms with Gasteiger partial charge in [0.25, 0.3) is 0 Å². The van der Waals surface area contributed by atoms with Crippen LogP contribution in [0.3, 0.4) is 0 Å². The van der Waals surface area contributed by atoms with Crippen LogP contribution in [-0.2, 0) is 9.53 Å². The molecular weight excluding hydrogens is 354 g/mol. The molecular formula is C22H37N3O3. The molecule has 5 aliphatic rings. The summed E-state index contributed by atoms with van der Waals surface area (Å²) in [5, 5.41) is 6.29. The number of amides is 2. The van der Waals surface area contributed by atoms with Gasteiger partial charge in [-0.2, -0.15) is 0 Å². The van der Waals surface area contributed by atoms with E-state index in [1.807, 2.05) is 20.8 Å². The fraction of sp³-hybridized carbons (Fsp3) is 0.909. The highest BCUT2D eigenvalue weighted by molar-refractivity contribution is 5.82. The number of carbonyl (C=O) groups is 2. The number of hydrogen-bond acceptors (Lipinski definition) is 4. The first kappa shape index (κ1) is 20.0. The van der Waals surface area contributed by atoms with Gasteiger partial charge >= 0.3 is 6.09 Å². The molecule has 4 aliphatic carbocycles. The zero-order valence-corrected chi connectivity index (χ0v) is 17.7. The molecule has 0 radical (unpaired) electrons. The molecule has 6 nitrogen and oxygen atoms in total. The molecule has 2 amide bonds. The minimum atomic E-state index is -0.487. The van der Waals surface area contributed by atoms with Crippen LogP contribution in [0.2, 0.25) is 0 Å². The second kappa shape index (κ2) is 7.85. The molecule has 158 valence electrons. The Kier molecular flexibility index (Phi) is 5.60. The fourth-order valence-electron chi connectivity index (χ4n) is 6.43. The average Bonchev–Trinajstić information content (AvgIpc) is 3.04. The van der Waals surface area contributed by atoms with Gasteiger partial charge in [-0.3, -0.25) is 9.69 Å². The molecule has 28 heavy (non-hydrogen) atoms. The lowest BCUT2D eigenvalue weighted by atomic mass is 9.54. The van der Waals surface area contributed by atoms with Crippen LogP contribution in [0.4, 0.5) is 4.79 Å². The highest BCUT2D eigenvalue weighted by Crippen LogP contribution is 2.53. The Bertz CT molecular complexity index is 572. The van der Waals surface area contributed by atoms with Crippen molar-refractivity contribution in [3.63, 3.8) is 0 Å². The predicted molar refractivity (Wildman–Crippen MR) is 108 cm³/mol. The van der Waals surface area contributed by atoms with Crippen molar-refractivity contribution >= 4 is 12.0 Å². The maximum absolute atomic E-state index is 13.1. The highest BCUT2D eigenvalue weighted by atomic mass is 16.6. The first-order valence-electron chi connectivity index (χ1n) is 11.3. The molecule has 0 aromatic rings. The van der Waals surface area contributed by atoms with Crippen molar-refractivity contribution in [2.45, 2.75) is 83.4 Å². The van der Waals surface area contributed by atoms with E-state index in [1.54, 1.807) is 0 Å². The van der Waals surface area contributed by atoms with E-state index in [0.717, 1.165) is 31.2 Å². The van der Waals surface area contributed by atoms with Crippen molar-refractivity contribution in [2.24, 2.45) is 23.7 Å². The Hall–Kier alpha value is -1.30. The van der Waals surface area contributed by atoms with E-state index in [9.17, 15) is 9.59 Å². The van der Waals surface area contributed by atoms with Crippen LogP contribution in [0.25, 0.3) is 0 Å². The van der Waals surface area contributed by atoms with Crippen molar-refractivity contribution in [1.82, 2.24) is 15.5 Å². The Labute approximate surface area is 169 Å². The second-order valence-electron chi connectivity index (χ2n) is 10.6. The number of nitrogens with one attached hydrogen (secondary N) is 2. The normalized spacial score (nSPS) is 37.1. The van der Waals surface area contributed by atoms with Crippen LogP contribution in [0.15, 0.2) is 0 Å². The van der Waals surface area contributed by atoms with Crippen molar-refractivity contribution in [2.75, 3.05) is 19.6 Å². The lowest BCUT2D eigenvalue weighted by molar-refractivity contribution is -0.129. The summed E-state index contributed by atoms with van der Waals surface area (Å²) in [4.78, 5) is 27.1. The van der Waals surface area contributed by atoms with Gasteiger partial charge in [0.1, 0.15) is 5.60 Å². The van der Waals surface area contributed by atoms with Crippen LogP contribution in [0.5, 0.6) is 0 Å². The van der Waals surface area contributed by atoms with Gasteiger partial charge < -0.3 is 15.4 Å². The third kappa shape index (κ3) is 4.47. The molecule has 1 aliphatic heterocycles. The second-order valence-corrected chi connectivity index (χ2v) is 10.6. The largest absolute Gasteiger partial charge is 0.444 e. The number of hydrogen-bond donors (Lipinski definition) is 2. The molecule has 0 spiro atoms. The summed E-state index contributed by atoms with van der Waals surface area (Å²) >= 11 is 0. The molecule has 6 heteroatoms. The number of ether oxygens (including phenoxy) is 1. The van der Waals surface area contributed by atoms with E-state index in [2.05, 4.69) is 15.5 Å². The maximum Gasteiger partial charge on any atom is 0.407 e. The fourth-order valence-corrected chi connectivity index (χ4v) is 6.43. The third-order valence-corrected chi connectivity index (χ3v) is 7.27. The smallest absolute Gasteiger partial charge is 0.407 e. The molecule has 1 saturated heterocycles. The summed E-state index contributed by atoms with van der Waals surface area (Å²) in [6.07, 6.45) is 8.32. The number of nitrogens with zero attached hydrogens (tertiary/aromatic N) is 1. The van der Waals surface area contributed by atoms with Crippen LogP contribution < -0.4 is 10.6 Å². The molecule has 0 unspecified atom stereocenters. The molecule has 5 rings (SSSR count). The van der Waals surface area contributed by atoms with Crippen LogP contribution in [-0.4, -0.2) is 54.2 Å². The summed E-state index contributed by atoms with van der Waals surface area (Å²) in [5.74, 6) is 3.50. The van der Waals surface area contributed by atoms with Gasteiger partial charge in [0.05, 0.1) is 6.04 Å². The van der Waals surface area contributed by atoms with Crippen molar-refractivity contribution in [1.29, 1.82) is 0 Å². The molecule has 4 saturated carbocycles. The van der Waals surface area contributed by atoms with Crippen molar-refractivity contribution in [3.8, 4) is 0 Å². The van der Waals surface area contributed by atoms with Crippen molar-refractivity contribution < 1.29 is 14.3 Å². The lowest BCUT2D eigenvalue weighted by Crippen LogP contribution is -2.58.